The normalized spacial score (nSPS) is 36.5. The summed E-state index contributed by atoms with van der Waals surface area (Å²) in [5.74, 6) is 0.116. The number of nitrogens with one attached hydrogen (secondary N) is 1. The summed E-state index contributed by atoms with van der Waals surface area (Å²) in [5, 5.41) is 3.22. The number of esters is 1. The fraction of sp³-hybridized carbons (Fsp3) is 0.900. The van der Waals surface area contributed by atoms with E-state index in [1.807, 2.05) is 6.92 Å². The fourth-order valence-electron chi connectivity index (χ4n) is 2.38. The monoisotopic (exact) mass is 199 g/mol. The Kier molecular flexibility index (Phi) is 2.74. The van der Waals surface area contributed by atoms with Crippen LogP contribution in [0.4, 0.5) is 0 Å². The zero-order valence-corrected chi connectivity index (χ0v) is 8.54. The van der Waals surface area contributed by atoms with E-state index in [4.69, 9.17) is 9.47 Å². The first-order chi connectivity index (χ1) is 6.79. The number of ether oxygens (including phenoxy) is 2. The van der Waals surface area contributed by atoms with E-state index in [1.165, 1.54) is 0 Å². The van der Waals surface area contributed by atoms with Gasteiger partial charge in [-0.3, -0.25) is 0 Å². The molecule has 0 saturated carbocycles. The highest BCUT2D eigenvalue weighted by molar-refractivity contribution is 5.81. The van der Waals surface area contributed by atoms with Crippen molar-refractivity contribution in [3.63, 3.8) is 0 Å². The summed E-state index contributed by atoms with van der Waals surface area (Å²) in [6.45, 7) is 4.41. The van der Waals surface area contributed by atoms with Crippen molar-refractivity contribution in [3.05, 3.63) is 0 Å². The maximum absolute atomic E-state index is 11.8. The van der Waals surface area contributed by atoms with Crippen molar-refractivity contribution in [3.8, 4) is 0 Å². The van der Waals surface area contributed by atoms with Gasteiger partial charge in [0.05, 0.1) is 6.61 Å². The lowest BCUT2D eigenvalue weighted by Crippen LogP contribution is -2.52. The van der Waals surface area contributed by atoms with E-state index >= 15 is 0 Å². The largest absolute Gasteiger partial charge is 0.464 e. The molecule has 4 heteroatoms. The summed E-state index contributed by atoms with van der Waals surface area (Å²) in [7, 11) is 0. The minimum absolute atomic E-state index is 0.185. The average Bonchev–Trinajstić information content (AvgIpc) is 2.62. The molecule has 2 aliphatic rings. The second-order valence-electron chi connectivity index (χ2n) is 3.93. The van der Waals surface area contributed by atoms with E-state index in [2.05, 4.69) is 5.32 Å². The second-order valence-corrected chi connectivity index (χ2v) is 3.93. The van der Waals surface area contributed by atoms with Crippen LogP contribution >= 0.6 is 0 Å². The Morgan fingerprint density at radius 2 is 2.57 bits per heavy atom. The van der Waals surface area contributed by atoms with Crippen molar-refractivity contribution < 1.29 is 14.3 Å². The number of rotatable bonds is 2. The summed E-state index contributed by atoms with van der Waals surface area (Å²) in [6, 6.07) is 0. The smallest absolute Gasteiger partial charge is 0.340 e. The van der Waals surface area contributed by atoms with Crippen LogP contribution in [0.1, 0.15) is 19.8 Å². The zero-order chi connectivity index (χ0) is 10.0. The maximum atomic E-state index is 11.8. The molecule has 2 unspecified atom stereocenters. The predicted octanol–water partition coefficient (Wildman–Crippen LogP) is 0.318. The second kappa shape index (κ2) is 3.87. The van der Waals surface area contributed by atoms with Crippen molar-refractivity contribution in [2.75, 3.05) is 26.3 Å². The van der Waals surface area contributed by atoms with Crippen molar-refractivity contribution in [1.82, 2.24) is 5.32 Å². The first kappa shape index (κ1) is 9.93. The van der Waals surface area contributed by atoms with Crippen LogP contribution in [-0.4, -0.2) is 37.9 Å². The fourth-order valence-corrected chi connectivity index (χ4v) is 2.38. The van der Waals surface area contributed by atoms with Gasteiger partial charge in [-0.05, 0) is 19.8 Å². The topological polar surface area (TPSA) is 47.6 Å². The summed E-state index contributed by atoms with van der Waals surface area (Å²) in [4.78, 5) is 11.8. The van der Waals surface area contributed by atoms with E-state index in [0.29, 0.717) is 25.7 Å². The summed E-state index contributed by atoms with van der Waals surface area (Å²) in [6.07, 6.45) is 2.11. The van der Waals surface area contributed by atoms with Crippen LogP contribution in [0, 0.1) is 5.92 Å². The first-order valence-electron chi connectivity index (χ1n) is 5.31. The standard InChI is InChI=1S/C10H17NO3/c1-2-13-9(12)10-7-11-6-8(10)4-3-5-14-10/h8,11H,2-7H2,1H3. The Morgan fingerprint density at radius 3 is 3.36 bits per heavy atom. The van der Waals surface area contributed by atoms with Crippen molar-refractivity contribution in [1.29, 1.82) is 0 Å². The molecule has 2 fully saturated rings. The van der Waals surface area contributed by atoms with Crippen LogP contribution < -0.4 is 5.32 Å². The molecule has 1 N–H and O–H groups in total. The lowest BCUT2D eigenvalue weighted by atomic mass is 9.85. The van der Waals surface area contributed by atoms with E-state index in [-0.39, 0.29) is 5.97 Å². The SMILES string of the molecule is CCOC(=O)C12CNCC1CCCO2. The zero-order valence-electron chi connectivity index (χ0n) is 8.54. The molecule has 2 heterocycles. The van der Waals surface area contributed by atoms with Gasteiger partial charge in [0, 0.05) is 25.6 Å². The molecule has 0 bridgehead atoms. The highest BCUT2D eigenvalue weighted by Crippen LogP contribution is 2.35. The van der Waals surface area contributed by atoms with Crippen molar-refractivity contribution in [2.45, 2.75) is 25.4 Å². The molecule has 2 saturated heterocycles. The first-order valence-corrected chi connectivity index (χ1v) is 5.31. The van der Waals surface area contributed by atoms with Crippen LogP contribution in [-0.2, 0) is 14.3 Å². The molecular formula is C10H17NO3. The van der Waals surface area contributed by atoms with Gasteiger partial charge in [-0.25, -0.2) is 4.79 Å². The molecule has 0 amide bonds. The molecular weight excluding hydrogens is 182 g/mol. The molecule has 80 valence electrons. The highest BCUT2D eigenvalue weighted by Gasteiger charge is 2.52. The van der Waals surface area contributed by atoms with Crippen LogP contribution in [0.3, 0.4) is 0 Å². The lowest BCUT2D eigenvalue weighted by Gasteiger charge is -2.35. The Labute approximate surface area is 84.0 Å². The summed E-state index contributed by atoms with van der Waals surface area (Å²) < 4.78 is 10.7. The predicted molar refractivity (Wildman–Crippen MR) is 50.9 cm³/mol. The van der Waals surface area contributed by atoms with Gasteiger partial charge < -0.3 is 14.8 Å². The van der Waals surface area contributed by atoms with E-state index in [1.54, 1.807) is 0 Å². The number of hydrogen-bond donors (Lipinski definition) is 1. The molecule has 2 atom stereocenters. The Hall–Kier alpha value is -0.610. The van der Waals surface area contributed by atoms with Gasteiger partial charge >= 0.3 is 5.97 Å². The minimum atomic E-state index is -0.672. The van der Waals surface area contributed by atoms with Gasteiger partial charge in [0.25, 0.3) is 0 Å². The van der Waals surface area contributed by atoms with E-state index in [9.17, 15) is 4.79 Å². The van der Waals surface area contributed by atoms with Gasteiger partial charge in [0.15, 0.2) is 5.60 Å². The number of carbonyl (C=O) groups is 1. The summed E-state index contributed by atoms with van der Waals surface area (Å²) in [5.41, 5.74) is -0.672. The molecule has 0 spiro atoms. The Morgan fingerprint density at radius 1 is 1.71 bits per heavy atom. The van der Waals surface area contributed by atoms with Crippen LogP contribution in [0.2, 0.25) is 0 Å². The number of carbonyl (C=O) groups excluding carboxylic acids is 1. The van der Waals surface area contributed by atoms with E-state index < -0.39 is 5.60 Å². The Balaban J connectivity index is 2.13. The van der Waals surface area contributed by atoms with Gasteiger partial charge in [-0.1, -0.05) is 0 Å². The van der Waals surface area contributed by atoms with E-state index in [0.717, 1.165) is 19.4 Å². The molecule has 0 aromatic rings. The van der Waals surface area contributed by atoms with Gasteiger partial charge in [0.2, 0.25) is 0 Å². The quantitative estimate of drug-likeness (QED) is 0.651. The minimum Gasteiger partial charge on any atom is -0.464 e. The van der Waals surface area contributed by atoms with Crippen LogP contribution in [0.5, 0.6) is 0 Å². The Bertz CT molecular complexity index is 231. The average molecular weight is 199 g/mol. The highest BCUT2D eigenvalue weighted by atomic mass is 16.6. The molecule has 2 rings (SSSR count). The van der Waals surface area contributed by atoms with Gasteiger partial charge in [0.1, 0.15) is 0 Å². The maximum Gasteiger partial charge on any atom is 0.340 e. The third kappa shape index (κ3) is 1.42. The molecule has 14 heavy (non-hydrogen) atoms. The van der Waals surface area contributed by atoms with Gasteiger partial charge in [-0.2, -0.15) is 0 Å². The number of fused-ring (bicyclic) bond motifs is 1. The molecule has 4 nitrogen and oxygen atoms in total. The third-order valence-electron chi connectivity index (χ3n) is 3.12. The molecule has 0 aliphatic carbocycles. The van der Waals surface area contributed by atoms with Crippen LogP contribution in [0.25, 0.3) is 0 Å². The number of hydrogen-bond acceptors (Lipinski definition) is 4. The molecule has 2 aliphatic heterocycles. The third-order valence-corrected chi connectivity index (χ3v) is 3.12. The lowest BCUT2D eigenvalue weighted by molar-refractivity contribution is -0.181. The van der Waals surface area contributed by atoms with Crippen LogP contribution in [0.15, 0.2) is 0 Å². The van der Waals surface area contributed by atoms with Gasteiger partial charge in [-0.15, -0.1) is 0 Å². The van der Waals surface area contributed by atoms with Crippen molar-refractivity contribution >= 4 is 5.97 Å². The van der Waals surface area contributed by atoms with Crippen molar-refractivity contribution in [2.24, 2.45) is 5.92 Å². The molecule has 0 aromatic heterocycles. The molecule has 0 radical (unpaired) electrons. The summed E-state index contributed by atoms with van der Waals surface area (Å²) >= 11 is 0. The molecule has 0 aromatic carbocycles.